The van der Waals surface area contributed by atoms with Crippen LogP contribution in [0.5, 0.6) is 0 Å². The molecule has 0 spiro atoms. The highest BCUT2D eigenvalue weighted by Crippen LogP contribution is 2.24. The van der Waals surface area contributed by atoms with Crippen molar-refractivity contribution in [1.82, 2.24) is 4.90 Å². The largest absolute Gasteiger partial charge is 0.343 e. The summed E-state index contributed by atoms with van der Waals surface area (Å²) >= 11 is 0. The fraction of sp³-hybridized carbons (Fsp3) is 0.917. The van der Waals surface area contributed by atoms with Crippen LogP contribution < -0.4 is 0 Å². The van der Waals surface area contributed by atoms with Gasteiger partial charge >= 0.3 is 0 Å². The fourth-order valence-electron chi connectivity index (χ4n) is 2.32. The normalized spacial score (nSPS) is 19.0. The summed E-state index contributed by atoms with van der Waals surface area (Å²) in [6.07, 6.45) is 7.38. The Morgan fingerprint density at radius 2 is 1.57 bits per heavy atom. The summed E-state index contributed by atoms with van der Waals surface area (Å²) in [4.78, 5) is 14.0. The number of amides is 1. The van der Waals surface area contributed by atoms with Crippen LogP contribution in [0.1, 0.15) is 52.4 Å². The first-order valence-electron chi connectivity index (χ1n) is 6.08. The van der Waals surface area contributed by atoms with Crippen molar-refractivity contribution in [2.24, 2.45) is 5.92 Å². The lowest BCUT2D eigenvalue weighted by Crippen LogP contribution is -2.35. The Hall–Kier alpha value is -0.530. The molecule has 1 aliphatic rings. The van der Waals surface area contributed by atoms with Crippen LogP contribution in [-0.4, -0.2) is 23.9 Å². The van der Waals surface area contributed by atoms with Gasteiger partial charge in [-0.25, -0.2) is 0 Å². The van der Waals surface area contributed by atoms with E-state index >= 15 is 0 Å². The fourth-order valence-corrected chi connectivity index (χ4v) is 2.32. The van der Waals surface area contributed by atoms with Crippen molar-refractivity contribution in [3.63, 3.8) is 0 Å². The van der Waals surface area contributed by atoms with Gasteiger partial charge in [-0.05, 0) is 26.7 Å². The summed E-state index contributed by atoms with van der Waals surface area (Å²) in [5, 5.41) is 0. The smallest absolute Gasteiger partial charge is 0.225 e. The standard InChI is InChI=1S/C12H23NO/c1-3-13(4-2)12(14)11-9-7-5-6-8-10-11/h11H,3-10H2,1-2H3. The Morgan fingerprint density at radius 3 is 2.00 bits per heavy atom. The number of carbonyl (C=O) groups excluding carboxylic acids is 1. The molecular formula is C12H23NO. The van der Waals surface area contributed by atoms with Crippen molar-refractivity contribution in [2.45, 2.75) is 52.4 Å². The van der Waals surface area contributed by atoms with Gasteiger partial charge < -0.3 is 4.90 Å². The van der Waals surface area contributed by atoms with Gasteiger partial charge in [0.2, 0.25) is 5.91 Å². The lowest BCUT2D eigenvalue weighted by Gasteiger charge is -2.24. The zero-order valence-corrected chi connectivity index (χ0v) is 9.59. The minimum atomic E-state index is 0.331. The van der Waals surface area contributed by atoms with Gasteiger partial charge in [-0.15, -0.1) is 0 Å². The van der Waals surface area contributed by atoms with Gasteiger partial charge in [0.15, 0.2) is 0 Å². The Bertz CT molecular complexity index is 167. The van der Waals surface area contributed by atoms with E-state index in [0.717, 1.165) is 25.9 Å². The zero-order valence-electron chi connectivity index (χ0n) is 9.59. The van der Waals surface area contributed by atoms with Crippen LogP contribution in [0.4, 0.5) is 0 Å². The molecule has 0 aromatic carbocycles. The highest BCUT2D eigenvalue weighted by atomic mass is 16.2. The lowest BCUT2D eigenvalue weighted by molar-refractivity contribution is -0.135. The van der Waals surface area contributed by atoms with Crippen molar-refractivity contribution in [3.05, 3.63) is 0 Å². The van der Waals surface area contributed by atoms with E-state index in [1.807, 2.05) is 4.90 Å². The zero-order chi connectivity index (χ0) is 10.4. The molecule has 0 aromatic rings. The molecule has 0 unspecified atom stereocenters. The predicted octanol–water partition coefficient (Wildman–Crippen LogP) is 2.83. The molecule has 0 saturated heterocycles. The van der Waals surface area contributed by atoms with E-state index in [1.165, 1.54) is 25.7 Å². The number of hydrogen-bond donors (Lipinski definition) is 0. The van der Waals surface area contributed by atoms with Crippen LogP contribution in [0.3, 0.4) is 0 Å². The molecule has 2 heteroatoms. The third kappa shape index (κ3) is 3.00. The minimum absolute atomic E-state index is 0.331. The second kappa shape index (κ2) is 6.05. The summed E-state index contributed by atoms with van der Waals surface area (Å²) < 4.78 is 0. The molecule has 2 nitrogen and oxygen atoms in total. The van der Waals surface area contributed by atoms with Crippen LogP contribution in [0.2, 0.25) is 0 Å². The van der Waals surface area contributed by atoms with Gasteiger partial charge in [-0.3, -0.25) is 4.79 Å². The SMILES string of the molecule is CCN(CC)C(=O)C1CCCCCC1. The third-order valence-electron chi connectivity index (χ3n) is 3.28. The van der Waals surface area contributed by atoms with E-state index < -0.39 is 0 Å². The molecule has 0 radical (unpaired) electrons. The lowest BCUT2D eigenvalue weighted by atomic mass is 9.99. The average molecular weight is 197 g/mol. The summed E-state index contributed by atoms with van der Waals surface area (Å²) in [6.45, 7) is 5.87. The molecule has 0 N–H and O–H groups in total. The van der Waals surface area contributed by atoms with Crippen molar-refractivity contribution >= 4 is 5.91 Å². The van der Waals surface area contributed by atoms with Crippen LogP contribution in [0.15, 0.2) is 0 Å². The molecule has 0 aromatic heterocycles. The van der Waals surface area contributed by atoms with Crippen LogP contribution in [0.25, 0.3) is 0 Å². The van der Waals surface area contributed by atoms with Crippen molar-refractivity contribution in [1.29, 1.82) is 0 Å². The van der Waals surface area contributed by atoms with E-state index in [0.29, 0.717) is 11.8 Å². The van der Waals surface area contributed by atoms with E-state index in [9.17, 15) is 4.79 Å². The second-order valence-electron chi connectivity index (χ2n) is 4.20. The van der Waals surface area contributed by atoms with E-state index in [-0.39, 0.29) is 0 Å². The molecule has 1 amide bonds. The Kier molecular flexibility index (Phi) is 4.99. The molecule has 0 aliphatic heterocycles. The van der Waals surface area contributed by atoms with Crippen molar-refractivity contribution in [3.8, 4) is 0 Å². The van der Waals surface area contributed by atoms with Gasteiger partial charge in [0.05, 0.1) is 0 Å². The molecule has 0 bridgehead atoms. The third-order valence-corrected chi connectivity index (χ3v) is 3.28. The average Bonchev–Trinajstić information content (AvgIpc) is 2.47. The maximum atomic E-state index is 12.0. The van der Waals surface area contributed by atoms with Gasteiger partial charge in [0.1, 0.15) is 0 Å². The summed E-state index contributed by atoms with van der Waals surface area (Å²) in [5.41, 5.74) is 0. The highest BCUT2D eigenvalue weighted by Gasteiger charge is 2.23. The predicted molar refractivity (Wildman–Crippen MR) is 59.1 cm³/mol. The monoisotopic (exact) mass is 197 g/mol. The molecule has 1 aliphatic carbocycles. The Balaban J connectivity index is 2.48. The topological polar surface area (TPSA) is 20.3 Å². The number of carbonyl (C=O) groups is 1. The van der Waals surface area contributed by atoms with Gasteiger partial charge in [-0.1, -0.05) is 25.7 Å². The number of rotatable bonds is 3. The highest BCUT2D eigenvalue weighted by molar-refractivity contribution is 5.78. The first-order valence-corrected chi connectivity index (χ1v) is 6.08. The van der Waals surface area contributed by atoms with Crippen LogP contribution in [-0.2, 0) is 4.79 Å². The maximum absolute atomic E-state index is 12.0. The quantitative estimate of drug-likeness (QED) is 0.637. The molecule has 1 rings (SSSR count). The van der Waals surface area contributed by atoms with Crippen molar-refractivity contribution in [2.75, 3.05) is 13.1 Å². The van der Waals surface area contributed by atoms with Crippen molar-refractivity contribution < 1.29 is 4.79 Å². The maximum Gasteiger partial charge on any atom is 0.225 e. The minimum Gasteiger partial charge on any atom is -0.343 e. The van der Waals surface area contributed by atoms with Crippen LogP contribution in [0, 0.1) is 5.92 Å². The number of nitrogens with zero attached hydrogens (tertiary/aromatic N) is 1. The molecular weight excluding hydrogens is 174 g/mol. The molecule has 1 fully saturated rings. The molecule has 0 atom stereocenters. The van der Waals surface area contributed by atoms with E-state index in [4.69, 9.17) is 0 Å². The molecule has 0 heterocycles. The first kappa shape index (κ1) is 11.5. The summed E-state index contributed by atoms with van der Waals surface area (Å²) in [6, 6.07) is 0. The Morgan fingerprint density at radius 1 is 1.07 bits per heavy atom. The van der Waals surface area contributed by atoms with Gasteiger partial charge in [0.25, 0.3) is 0 Å². The molecule has 82 valence electrons. The summed E-state index contributed by atoms with van der Waals surface area (Å²) in [7, 11) is 0. The van der Waals surface area contributed by atoms with E-state index in [2.05, 4.69) is 13.8 Å². The van der Waals surface area contributed by atoms with Gasteiger partial charge in [0, 0.05) is 19.0 Å². The van der Waals surface area contributed by atoms with E-state index in [1.54, 1.807) is 0 Å². The van der Waals surface area contributed by atoms with Gasteiger partial charge in [-0.2, -0.15) is 0 Å². The molecule has 14 heavy (non-hydrogen) atoms. The second-order valence-corrected chi connectivity index (χ2v) is 4.20. The number of hydrogen-bond acceptors (Lipinski definition) is 1. The van der Waals surface area contributed by atoms with Crippen LogP contribution >= 0.6 is 0 Å². The Labute approximate surface area is 87.7 Å². The summed E-state index contributed by atoms with van der Waals surface area (Å²) in [5.74, 6) is 0.731. The molecule has 1 saturated carbocycles. The first-order chi connectivity index (χ1) is 6.79.